The molecule has 27 heavy (non-hydrogen) atoms. The number of halogens is 2. The molecule has 1 aliphatic rings. The molecule has 0 saturated carbocycles. The highest BCUT2D eigenvalue weighted by Gasteiger charge is 2.38. The van der Waals surface area contributed by atoms with Gasteiger partial charge < -0.3 is 14.2 Å². The zero-order chi connectivity index (χ0) is 19.6. The number of esters is 2. The predicted molar refractivity (Wildman–Crippen MR) is 91.4 cm³/mol. The molecule has 1 aliphatic heterocycles. The molecule has 0 unspecified atom stereocenters. The van der Waals surface area contributed by atoms with Crippen LogP contribution < -0.4 is 4.74 Å². The summed E-state index contributed by atoms with van der Waals surface area (Å²) in [6.07, 6.45) is 1.37. The Morgan fingerprint density at radius 3 is 2.22 bits per heavy atom. The Balaban J connectivity index is 1.68. The Labute approximate surface area is 154 Å². The van der Waals surface area contributed by atoms with E-state index in [1.807, 2.05) is 0 Å². The fourth-order valence-corrected chi connectivity index (χ4v) is 2.41. The minimum atomic E-state index is -1.29. The maximum absolute atomic E-state index is 13.5. The standard InChI is InChI=1S/C20H16F2O5/c1-20(2)26-18(23)15(19(24)27-20)9-12-3-5-13(6-4-12)11-25-17-8-7-14(21)10-16(17)22/h3-10H,11H2,1-2H3. The summed E-state index contributed by atoms with van der Waals surface area (Å²) in [5.74, 6) is -4.32. The molecule has 0 N–H and O–H groups in total. The van der Waals surface area contributed by atoms with Crippen molar-refractivity contribution in [2.24, 2.45) is 0 Å². The lowest BCUT2D eigenvalue weighted by Gasteiger charge is -2.29. The lowest BCUT2D eigenvalue weighted by molar-refractivity contribution is -0.222. The second-order valence-electron chi connectivity index (χ2n) is 6.34. The van der Waals surface area contributed by atoms with Crippen LogP contribution in [0.2, 0.25) is 0 Å². The van der Waals surface area contributed by atoms with Gasteiger partial charge in [-0.05, 0) is 29.3 Å². The first-order chi connectivity index (χ1) is 12.7. The van der Waals surface area contributed by atoms with Crippen LogP contribution in [0.25, 0.3) is 6.08 Å². The Morgan fingerprint density at radius 2 is 1.63 bits per heavy atom. The van der Waals surface area contributed by atoms with Gasteiger partial charge in [0.25, 0.3) is 5.79 Å². The van der Waals surface area contributed by atoms with Crippen LogP contribution in [0.4, 0.5) is 8.78 Å². The van der Waals surface area contributed by atoms with Gasteiger partial charge in [0.15, 0.2) is 11.6 Å². The van der Waals surface area contributed by atoms with Gasteiger partial charge in [0.1, 0.15) is 18.0 Å². The van der Waals surface area contributed by atoms with E-state index < -0.39 is 29.4 Å². The van der Waals surface area contributed by atoms with E-state index in [4.69, 9.17) is 14.2 Å². The van der Waals surface area contributed by atoms with E-state index in [9.17, 15) is 18.4 Å². The summed E-state index contributed by atoms with van der Waals surface area (Å²) < 4.78 is 41.8. The highest BCUT2D eigenvalue weighted by molar-refractivity contribution is 6.18. The second kappa shape index (κ2) is 7.19. The van der Waals surface area contributed by atoms with Gasteiger partial charge >= 0.3 is 11.9 Å². The SMILES string of the molecule is CC1(C)OC(=O)C(=Cc2ccc(COc3ccc(F)cc3F)cc2)C(=O)O1. The molecular weight excluding hydrogens is 358 g/mol. The normalized spacial score (nSPS) is 15.8. The van der Waals surface area contributed by atoms with Gasteiger partial charge in [0.2, 0.25) is 0 Å². The maximum Gasteiger partial charge on any atom is 0.348 e. The zero-order valence-corrected chi connectivity index (χ0v) is 14.6. The Morgan fingerprint density at radius 1 is 1.00 bits per heavy atom. The van der Waals surface area contributed by atoms with Gasteiger partial charge in [-0.2, -0.15) is 0 Å². The molecule has 0 aromatic heterocycles. The van der Waals surface area contributed by atoms with E-state index in [-0.39, 0.29) is 17.9 Å². The van der Waals surface area contributed by atoms with Crippen molar-refractivity contribution in [3.8, 4) is 5.75 Å². The molecule has 0 radical (unpaired) electrons. The van der Waals surface area contributed by atoms with Gasteiger partial charge in [0, 0.05) is 19.9 Å². The summed E-state index contributed by atoms with van der Waals surface area (Å²) >= 11 is 0. The topological polar surface area (TPSA) is 61.8 Å². The number of carbonyl (C=O) groups is 2. The number of hydrogen-bond donors (Lipinski definition) is 0. The molecule has 0 amide bonds. The molecule has 7 heteroatoms. The second-order valence-corrected chi connectivity index (χ2v) is 6.34. The molecule has 0 spiro atoms. The fraction of sp³-hybridized carbons (Fsp3) is 0.200. The lowest BCUT2D eigenvalue weighted by Crippen LogP contribution is -2.41. The van der Waals surface area contributed by atoms with Crippen molar-refractivity contribution < 1.29 is 32.6 Å². The van der Waals surface area contributed by atoms with Gasteiger partial charge in [-0.1, -0.05) is 24.3 Å². The van der Waals surface area contributed by atoms with E-state index in [1.54, 1.807) is 24.3 Å². The monoisotopic (exact) mass is 374 g/mol. The average Bonchev–Trinajstić information content (AvgIpc) is 2.58. The number of benzene rings is 2. The van der Waals surface area contributed by atoms with Crippen LogP contribution >= 0.6 is 0 Å². The predicted octanol–water partition coefficient (Wildman–Crippen LogP) is 3.76. The van der Waals surface area contributed by atoms with Crippen LogP contribution in [0, 0.1) is 11.6 Å². The molecular formula is C20H16F2O5. The largest absolute Gasteiger partial charge is 0.486 e. The van der Waals surface area contributed by atoms with E-state index >= 15 is 0 Å². The molecule has 2 aromatic rings. The molecule has 5 nitrogen and oxygen atoms in total. The quantitative estimate of drug-likeness (QED) is 0.463. The van der Waals surface area contributed by atoms with Crippen LogP contribution in [0.1, 0.15) is 25.0 Å². The van der Waals surface area contributed by atoms with Gasteiger partial charge in [-0.15, -0.1) is 0 Å². The number of cyclic esters (lactones) is 2. The van der Waals surface area contributed by atoms with Crippen molar-refractivity contribution in [2.45, 2.75) is 26.2 Å². The minimum absolute atomic E-state index is 0.0575. The molecule has 1 fully saturated rings. The molecule has 2 aromatic carbocycles. The lowest BCUT2D eigenvalue weighted by atomic mass is 10.1. The smallest absolute Gasteiger partial charge is 0.348 e. The van der Waals surface area contributed by atoms with Crippen LogP contribution in [-0.4, -0.2) is 17.7 Å². The first-order valence-electron chi connectivity index (χ1n) is 8.09. The third-order valence-electron chi connectivity index (χ3n) is 3.70. The van der Waals surface area contributed by atoms with Crippen LogP contribution in [0.3, 0.4) is 0 Å². The maximum atomic E-state index is 13.5. The Bertz CT molecular complexity index is 894. The van der Waals surface area contributed by atoms with Crippen molar-refractivity contribution >= 4 is 18.0 Å². The van der Waals surface area contributed by atoms with Gasteiger partial charge in [-0.25, -0.2) is 18.4 Å². The molecule has 0 aliphatic carbocycles. The van der Waals surface area contributed by atoms with Crippen LogP contribution in [0.15, 0.2) is 48.0 Å². The number of ether oxygens (including phenoxy) is 3. The first-order valence-corrected chi connectivity index (χ1v) is 8.09. The van der Waals surface area contributed by atoms with Crippen LogP contribution in [-0.2, 0) is 25.7 Å². The summed E-state index contributed by atoms with van der Waals surface area (Å²) in [6.45, 7) is 3.01. The van der Waals surface area contributed by atoms with Gasteiger partial charge in [-0.3, -0.25) is 0 Å². The number of carbonyl (C=O) groups excluding carboxylic acids is 2. The fourth-order valence-electron chi connectivity index (χ4n) is 2.41. The van der Waals surface area contributed by atoms with Crippen molar-refractivity contribution in [3.05, 3.63) is 70.8 Å². The molecule has 3 rings (SSSR count). The third kappa shape index (κ3) is 4.49. The summed E-state index contributed by atoms with van der Waals surface area (Å²) in [5.41, 5.74) is 1.10. The van der Waals surface area contributed by atoms with Crippen molar-refractivity contribution in [1.29, 1.82) is 0 Å². The van der Waals surface area contributed by atoms with Crippen molar-refractivity contribution in [2.75, 3.05) is 0 Å². The van der Waals surface area contributed by atoms with Gasteiger partial charge in [0.05, 0.1) is 0 Å². The van der Waals surface area contributed by atoms with Crippen LogP contribution in [0.5, 0.6) is 5.75 Å². The highest BCUT2D eigenvalue weighted by Crippen LogP contribution is 2.24. The number of hydrogen-bond acceptors (Lipinski definition) is 5. The molecule has 140 valence electrons. The average molecular weight is 374 g/mol. The summed E-state index contributed by atoms with van der Waals surface area (Å²) in [5, 5.41) is 0. The molecule has 1 heterocycles. The zero-order valence-electron chi connectivity index (χ0n) is 14.6. The highest BCUT2D eigenvalue weighted by atomic mass is 19.1. The molecule has 0 atom stereocenters. The van der Waals surface area contributed by atoms with E-state index in [0.717, 1.165) is 17.7 Å². The first kappa shape index (κ1) is 18.6. The summed E-state index contributed by atoms with van der Waals surface area (Å²) in [6, 6.07) is 9.77. The summed E-state index contributed by atoms with van der Waals surface area (Å²) in [7, 11) is 0. The molecule has 1 saturated heterocycles. The summed E-state index contributed by atoms with van der Waals surface area (Å²) in [4.78, 5) is 23.9. The third-order valence-corrected chi connectivity index (χ3v) is 3.70. The Hall–Kier alpha value is -3.22. The van der Waals surface area contributed by atoms with E-state index in [0.29, 0.717) is 5.56 Å². The van der Waals surface area contributed by atoms with E-state index in [1.165, 1.54) is 26.0 Å². The number of rotatable bonds is 4. The van der Waals surface area contributed by atoms with Crippen molar-refractivity contribution in [1.82, 2.24) is 0 Å². The Kier molecular flexibility index (Phi) is 4.94. The minimum Gasteiger partial charge on any atom is -0.486 e. The van der Waals surface area contributed by atoms with E-state index in [2.05, 4.69) is 0 Å². The molecule has 0 bridgehead atoms. The van der Waals surface area contributed by atoms with Crippen molar-refractivity contribution in [3.63, 3.8) is 0 Å².